The van der Waals surface area contributed by atoms with Crippen molar-refractivity contribution in [2.75, 3.05) is 61.1 Å². The molecule has 2 N–H and O–H groups in total. The molecule has 7 nitrogen and oxygen atoms in total. The third kappa shape index (κ3) is 6.09. The third-order valence-electron chi connectivity index (χ3n) is 8.01. The molecule has 0 amide bonds. The Hall–Kier alpha value is -2.45. The maximum Gasteiger partial charge on any atom is 0.232 e. The van der Waals surface area contributed by atoms with Gasteiger partial charge in [0.2, 0.25) is 5.95 Å². The van der Waals surface area contributed by atoms with E-state index in [4.69, 9.17) is 26.9 Å². The first kappa shape index (κ1) is 25.2. The van der Waals surface area contributed by atoms with Crippen molar-refractivity contribution in [3.05, 3.63) is 42.0 Å². The fourth-order valence-corrected chi connectivity index (χ4v) is 6.00. The quantitative estimate of drug-likeness (QED) is 0.543. The fourth-order valence-electron chi connectivity index (χ4n) is 5.84. The molecule has 3 aliphatic heterocycles. The fraction of sp³-hybridized carbons (Fsp3) is 0.607. The third-order valence-corrected chi connectivity index (χ3v) is 8.26. The van der Waals surface area contributed by atoms with Crippen LogP contribution in [0.2, 0.25) is 0 Å². The van der Waals surface area contributed by atoms with Crippen LogP contribution in [0.1, 0.15) is 57.4 Å². The number of nitrogens with one attached hydrogen (secondary N) is 2. The molecule has 4 heterocycles. The molecular formula is C28H40N6OS. The van der Waals surface area contributed by atoms with E-state index in [1.165, 1.54) is 37.7 Å². The smallest absolute Gasteiger partial charge is 0.232 e. The van der Waals surface area contributed by atoms with Crippen molar-refractivity contribution in [1.29, 1.82) is 0 Å². The SMILES string of the molecule is C[C@@H]1CCCN(c2cc(N3CCCCC3)nc(NC(=S)NCC3(c4ccccc4)CCOCC3)n2)C1. The van der Waals surface area contributed by atoms with Crippen LogP contribution in [0.4, 0.5) is 17.6 Å². The summed E-state index contributed by atoms with van der Waals surface area (Å²) >= 11 is 5.76. The van der Waals surface area contributed by atoms with Crippen LogP contribution in [0.25, 0.3) is 0 Å². The summed E-state index contributed by atoms with van der Waals surface area (Å²) in [5.74, 6) is 3.28. The summed E-state index contributed by atoms with van der Waals surface area (Å²) in [4.78, 5) is 14.6. The van der Waals surface area contributed by atoms with E-state index in [2.05, 4.69) is 63.8 Å². The molecule has 36 heavy (non-hydrogen) atoms. The molecule has 0 bridgehead atoms. The predicted octanol–water partition coefficient (Wildman–Crippen LogP) is 4.74. The predicted molar refractivity (Wildman–Crippen MR) is 151 cm³/mol. The van der Waals surface area contributed by atoms with Gasteiger partial charge in [-0.3, -0.25) is 0 Å². The first-order valence-electron chi connectivity index (χ1n) is 13.7. The summed E-state index contributed by atoms with van der Waals surface area (Å²) in [6.45, 7) is 8.83. The van der Waals surface area contributed by atoms with Gasteiger partial charge in [0.1, 0.15) is 11.6 Å². The maximum absolute atomic E-state index is 5.76. The second-order valence-electron chi connectivity index (χ2n) is 10.7. The van der Waals surface area contributed by atoms with Gasteiger partial charge in [-0.2, -0.15) is 9.97 Å². The molecule has 5 rings (SSSR count). The lowest BCUT2D eigenvalue weighted by molar-refractivity contribution is 0.0515. The van der Waals surface area contributed by atoms with Gasteiger partial charge < -0.3 is 25.2 Å². The number of rotatable bonds is 6. The zero-order valence-corrected chi connectivity index (χ0v) is 22.4. The Morgan fingerprint density at radius 2 is 1.69 bits per heavy atom. The molecule has 0 aliphatic carbocycles. The standard InChI is InChI=1S/C28H40N6OS/c1-22-9-8-16-34(20-22)25-19-24(33-14-6-3-7-15-33)30-26(31-25)32-27(36)29-21-28(12-17-35-18-13-28)23-10-4-2-5-11-23/h2,4-5,10-11,19,22H,3,6-9,12-18,20-21H2,1H3,(H2,29,30,31,32,36)/t22-/m1/s1. The number of aromatic nitrogens is 2. The second-order valence-corrected chi connectivity index (χ2v) is 11.1. The van der Waals surface area contributed by atoms with Crippen molar-refractivity contribution in [2.45, 2.75) is 57.3 Å². The van der Waals surface area contributed by atoms with Gasteiger partial charge in [0.15, 0.2) is 5.11 Å². The second kappa shape index (κ2) is 11.7. The summed E-state index contributed by atoms with van der Waals surface area (Å²) in [7, 11) is 0. The number of thiocarbonyl (C=S) groups is 1. The summed E-state index contributed by atoms with van der Waals surface area (Å²) in [5, 5.41) is 7.41. The highest BCUT2D eigenvalue weighted by atomic mass is 32.1. The van der Waals surface area contributed by atoms with Crippen molar-refractivity contribution in [3.8, 4) is 0 Å². The van der Waals surface area contributed by atoms with Gasteiger partial charge in [0.25, 0.3) is 0 Å². The van der Waals surface area contributed by atoms with Gasteiger partial charge in [0.05, 0.1) is 0 Å². The van der Waals surface area contributed by atoms with Crippen LogP contribution in [0, 0.1) is 5.92 Å². The van der Waals surface area contributed by atoms with Crippen molar-refractivity contribution < 1.29 is 4.74 Å². The van der Waals surface area contributed by atoms with E-state index in [1.807, 2.05) is 0 Å². The van der Waals surface area contributed by atoms with Crippen molar-refractivity contribution >= 4 is 34.9 Å². The van der Waals surface area contributed by atoms with Crippen LogP contribution in [-0.4, -0.2) is 61.0 Å². The van der Waals surface area contributed by atoms with Crippen LogP contribution in [0.5, 0.6) is 0 Å². The Morgan fingerprint density at radius 1 is 1.00 bits per heavy atom. The molecule has 194 valence electrons. The van der Waals surface area contributed by atoms with Crippen LogP contribution in [-0.2, 0) is 10.2 Å². The van der Waals surface area contributed by atoms with E-state index in [1.54, 1.807) is 0 Å². The van der Waals surface area contributed by atoms with Crippen LogP contribution >= 0.6 is 12.2 Å². The monoisotopic (exact) mass is 508 g/mol. The van der Waals surface area contributed by atoms with Crippen molar-refractivity contribution in [2.24, 2.45) is 5.92 Å². The molecule has 0 spiro atoms. The van der Waals surface area contributed by atoms with E-state index >= 15 is 0 Å². The number of ether oxygens (including phenoxy) is 1. The number of benzene rings is 1. The molecule has 0 radical (unpaired) electrons. The molecule has 2 aromatic rings. The van der Waals surface area contributed by atoms with Gasteiger partial charge in [-0.15, -0.1) is 0 Å². The van der Waals surface area contributed by atoms with Gasteiger partial charge in [0, 0.05) is 57.4 Å². The Kier molecular flexibility index (Phi) is 8.22. The van der Waals surface area contributed by atoms with E-state index in [9.17, 15) is 0 Å². The number of piperidine rings is 2. The highest BCUT2D eigenvalue weighted by Crippen LogP contribution is 2.34. The highest BCUT2D eigenvalue weighted by Gasteiger charge is 2.34. The maximum atomic E-state index is 5.76. The Bertz CT molecular complexity index is 1010. The topological polar surface area (TPSA) is 65.5 Å². The normalized spacial score (nSPS) is 22.2. The highest BCUT2D eigenvalue weighted by molar-refractivity contribution is 7.80. The lowest BCUT2D eigenvalue weighted by Gasteiger charge is -2.38. The van der Waals surface area contributed by atoms with Gasteiger partial charge in [-0.05, 0) is 68.6 Å². The number of nitrogens with zero attached hydrogens (tertiary/aromatic N) is 4. The molecule has 0 unspecified atom stereocenters. The van der Waals surface area contributed by atoms with Crippen LogP contribution < -0.4 is 20.4 Å². The number of hydrogen-bond donors (Lipinski definition) is 2. The summed E-state index contributed by atoms with van der Waals surface area (Å²) in [6.07, 6.45) is 8.18. The molecular weight excluding hydrogens is 468 g/mol. The Balaban J connectivity index is 1.32. The molecule has 1 atom stereocenters. The van der Waals surface area contributed by atoms with E-state index in [0.717, 1.165) is 70.4 Å². The lowest BCUT2D eigenvalue weighted by atomic mass is 9.74. The molecule has 1 aromatic heterocycles. The summed E-state index contributed by atoms with van der Waals surface area (Å²) in [5.41, 5.74) is 1.35. The van der Waals surface area contributed by atoms with Gasteiger partial charge >= 0.3 is 0 Å². The molecule has 1 aromatic carbocycles. The van der Waals surface area contributed by atoms with Crippen molar-refractivity contribution in [1.82, 2.24) is 15.3 Å². The molecule has 8 heteroatoms. The molecule has 3 aliphatic rings. The molecule has 0 saturated carbocycles. The van der Waals surface area contributed by atoms with Gasteiger partial charge in [-0.1, -0.05) is 37.3 Å². The minimum absolute atomic E-state index is 0.0108. The molecule has 3 fully saturated rings. The lowest BCUT2D eigenvalue weighted by Crippen LogP contribution is -2.45. The zero-order valence-electron chi connectivity index (χ0n) is 21.5. The van der Waals surface area contributed by atoms with E-state index in [0.29, 0.717) is 17.0 Å². The Labute approximate surface area is 221 Å². The average molecular weight is 509 g/mol. The summed E-state index contributed by atoms with van der Waals surface area (Å²) in [6, 6.07) is 12.9. The average Bonchev–Trinajstić information content (AvgIpc) is 2.93. The number of anilines is 3. The summed E-state index contributed by atoms with van der Waals surface area (Å²) < 4.78 is 5.69. The van der Waals surface area contributed by atoms with E-state index < -0.39 is 0 Å². The zero-order chi connectivity index (χ0) is 24.8. The molecule has 3 saturated heterocycles. The minimum atomic E-state index is 0.0108. The first-order valence-corrected chi connectivity index (χ1v) is 14.1. The Morgan fingerprint density at radius 3 is 2.42 bits per heavy atom. The van der Waals surface area contributed by atoms with Crippen LogP contribution in [0.15, 0.2) is 36.4 Å². The largest absolute Gasteiger partial charge is 0.381 e. The van der Waals surface area contributed by atoms with E-state index in [-0.39, 0.29) is 5.41 Å². The van der Waals surface area contributed by atoms with Crippen LogP contribution in [0.3, 0.4) is 0 Å². The number of hydrogen-bond acceptors (Lipinski definition) is 6. The van der Waals surface area contributed by atoms with Crippen molar-refractivity contribution in [3.63, 3.8) is 0 Å². The minimum Gasteiger partial charge on any atom is -0.381 e. The first-order chi connectivity index (χ1) is 17.6. The van der Waals surface area contributed by atoms with Gasteiger partial charge in [-0.25, -0.2) is 0 Å².